The molecule has 0 radical (unpaired) electrons. The van der Waals surface area contributed by atoms with E-state index in [2.05, 4.69) is 4.98 Å². The van der Waals surface area contributed by atoms with Crippen LogP contribution in [0.25, 0.3) is 0 Å². The van der Waals surface area contributed by atoms with E-state index in [1.165, 1.54) is 16.8 Å². The van der Waals surface area contributed by atoms with E-state index in [9.17, 15) is 9.59 Å². The van der Waals surface area contributed by atoms with Crippen molar-refractivity contribution in [3.63, 3.8) is 0 Å². The maximum atomic E-state index is 11.7. The maximum Gasteiger partial charge on any atom is 0.330 e. The summed E-state index contributed by atoms with van der Waals surface area (Å²) in [5.74, 6) is 0. The molecule has 0 unspecified atom stereocenters. The number of hydrogen-bond acceptors (Lipinski definition) is 5. The fraction of sp³-hybridized carbons (Fsp3) is 0.636. The topological polar surface area (TPSA) is 87.6 Å². The van der Waals surface area contributed by atoms with Gasteiger partial charge >= 0.3 is 5.69 Å². The van der Waals surface area contributed by atoms with Crippen LogP contribution < -0.4 is 11.2 Å². The van der Waals surface area contributed by atoms with E-state index in [0.29, 0.717) is 6.42 Å². The van der Waals surface area contributed by atoms with E-state index in [-0.39, 0.29) is 18.8 Å². The van der Waals surface area contributed by atoms with Crippen LogP contribution in [0.2, 0.25) is 0 Å². The third kappa shape index (κ3) is 2.38. The second-order valence-corrected chi connectivity index (χ2v) is 4.62. The number of rotatable bonds is 3. The number of aliphatic hydroxyl groups is 1. The zero-order valence-corrected chi connectivity index (χ0v) is 10.4. The van der Waals surface area contributed by atoms with Gasteiger partial charge in [0.05, 0.1) is 18.8 Å². The molecule has 3 atom stereocenters. The summed E-state index contributed by atoms with van der Waals surface area (Å²) in [6.07, 6.45) is 1.27. The first kappa shape index (κ1) is 13.0. The number of hydrogen-bond donors (Lipinski definition) is 2. The molecule has 2 N–H and O–H groups in total. The number of nitrogens with zero attached hydrogens (tertiary/aromatic N) is 2. The van der Waals surface area contributed by atoms with Crippen LogP contribution >= 0.6 is 0 Å². The van der Waals surface area contributed by atoms with Gasteiger partial charge < -0.3 is 14.7 Å². The van der Waals surface area contributed by atoms with Gasteiger partial charge in [0.25, 0.3) is 5.56 Å². The number of H-pyrrole nitrogens is 1. The van der Waals surface area contributed by atoms with Gasteiger partial charge in [-0.15, -0.1) is 0 Å². The van der Waals surface area contributed by atoms with Gasteiger partial charge in [0.1, 0.15) is 0 Å². The molecule has 1 aromatic rings. The lowest BCUT2D eigenvalue weighted by atomic mass is 10.1. The highest BCUT2D eigenvalue weighted by Crippen LogP contribution is 2.30. The Labute approximate surface area is 104 Å². The first-order chi connectivity index (χ1) is 8.52. The monoisotopic (exact) mass is 255 g/mol. The minimum absolute atomic E-state index is 0.0225. The summed E-state index contributed by atoms with van der Waals surface area (Å²) in [4.78, 5) is 26.9. The highest BCUT2D eigenvalue weighted by atomic mass is 16.5. The number of ether oxygens (including phenoxy) is 1. The van der Waals surface area contributed by atoms with Crippen LogP contribution in [0, 0.1) is 0 Å². The summed E-state index contributed by atoms with van der Waals surface area (Å²) in [5.41, 5.74) is -0.938. The van der Waals surface area contributed by atoms with Crippen molar-refractivity contribution >= 4 is 0 Å². The molecule has 18 heavy (non-hydrogen) atoms. The van der Waals surface area contributed by atoms with Gasteiger partial charge in [-0.25, -0.2) is 4.79 Å². The van der Waals surface area contributed by atoms with Gasteiger partial charge in [0, 0.05) is 12.3 Å². The van der Waals surface area contributed by atoms with Crippen LogP contribution in [0.4, 0.5) is 0 Å². The van der Waals surface area contributed by atoms with Crippen LogP contribution in [0.5, 0.6) is 0 Å². The second kappa shape index (κ2) is 5.05. The molecule has 0 saturated carbocycles. The smallest absolute Gasteiger partial charge is 0.330 e. The minimum atomic E-state index is -0.502. The van der Waals surface area contributed by atoms with Gasteiger partial charge in [-0.05, 0) is 20.5 Å². The van der Waals surface area contributed by atoms with E-state index < -0.39 is 17.5 Å². The first-order valence-electron chi connectivity index (χ1n) is 5.77. The standard InChI is InChI=1S/C11H17N3O4/c1-13(2)8-5-7(6-15)18-10(8)14-4-3-9(16)12-11(14)17/h3-4,7-8,10,15H,5-6H2,1-2H3,(H,12,16,17)/t7-,8+,10+/m0/s1. The summed E-state index contributed by atoms with van der Waals surface area (Å²) in [5, 5.41) is 9.15. The quantitative estimate of drug-likeness (QED) is 0.704. The molecule has 1 aliphatic heterocycles. The van der Waals surface area contributed by atoms with Crippen molar-refractivity contribution < 1.29 is 9.84 Å². The summed E-state index contributed by atoms with van der Waals surface area (Å²) >= 11 is 0. The van der Waals surface area contributed by atoms with E-state index in [1.54, 1.807) is 0 Å². The van der Waals surface area contributed by atoms with Crippen molar-refractivity contribution in [3.8, 4) is 0 Å². The van der Waals surface area contributed by atoms with E-state index >= 15 is 0 Å². The largest absolute Gasteiger partial charge is 0.394 e. The third-order valence-electron chi connectivity index (χ3n) is 3.16. The summed E-state index contributed by atoms with van der Waals surface area (Å²) in [6, 6.07) is 1.26. The summed E-state index contributed by atoms with van der Waals surface area (Å²) in [7, 11) is 3.77. The Morgan fingerprint density at radius 2 is 2.28 bits per heavy atom. The fourth-order valence-corrected chi connectivity index (χ4v) is 2.19. The van der Waals surface area contributed by atoms with Gasteiger partial charge in [-0.2, -0.15) is 0 Å². The number of aromatic nitrogens is 2. The van der Waals surface area contributed by atoms with Crippen molar-refractivity contribution in [1.29, 1.82) is 0 Å². The Kier molecular flexibility index (Phi) is 3.65. The lowest BCUT2D eigenvalue weighted by Gasteiger charge is -2.25. The third-order valence-corrected chi connectivity index (χ3v) is 3.16. The molecule has 0 bridgehead atoms. The van der Waals surface area contributed by atoms with E-state index in [0.717, 1.165) is 0 Å². The zero-order valence-electron chi connectivity index (χ0n) is 10.4. The zero-order chi connectivity index (χ0) is 13.3. The summed E-state index contributed by atoms with van der Waals surface area (Å²) < 4.78 is 6.99. The molecule has 0 aromatic carbocycles. The molecule has 0 aliphatic carbocycles. The first-order valence-corrected chi connectivity index (χ1v) is 5.77. The Morgan fingerprint density at radius 3 is 2.83 bits per heavy atom. The molecule has 1 aliphatic rings. The van der Waals surface area contributed by atoms with Gasteiger partial charge in [-0.1, -0.05) is 0 Å². The van der Waals surface area contributed by atoms with Crippen molar-refractivity contribution in [3.05, 3.63) is 33.1 Å². The average molecular weight is 255 g/mol. The molecular weight excluding hydrogens is 238 g/mol. The molecule has 0 amide bonds. The molecule has 1 saturated heterocycles. The molecular formula is C11H17N3O4. The van der Waals surface area contributed by atoms with E-state index in [1.807, 2.05) is 19.0 Å². The summed E-state index contributed by atoms with van der Waals surface area (Å²) in [6.45, 7) is -0.0844. The van der Waals surface area contributed by atoms with Crippen molar-refractivity contribution in [2.75, 3.05) is 20.7 Å². The molecule has 7 heteroatoms. The number of likely N-dealkylation sites (N-methyl/N-ethyl adjacent to an activating group) is 1. The molecule has 2 heterocycles. The lowest BCUT2D eigenvalue weighted by Crippen LogP contribution is -2.39. The van der Waals surface area contributed by atoms with E-state index in [4.69, 9.17) is 9.84 Å². The number of nitrogens with one attached hydrogen (secondary N) is 1. The van der Waals surface area contributed by atoms with Gasteiger partial charge in [-0.3, -0.25) is 14.3 Å². The number of aromatic amines is 1. The Bertz CT molecular complexity index is 522. The van der Waals surface area contributed by atoms with Crippen LogP contribution in [-0.2, 0) is 4.74 Å². The molecule has 2 rings (SSSR count). The minimum Gasteiger partial charge on any atom is -0.394 e. The van der Waals surface area contributed by atoms with Crippen molar-refractivity contribution in [2.45, 2.75) is 24.8 Å². The Balaban J connectivity index is 2.35. The van der Waals surface area contributed by atoms with Gasteiger partial charge in [0.2, 0.25) is 0 Å². The highest BCUT2D eigenvalue weighted by Gasteiger charge is 2.37. The maximum absolute atomic E-state index is 11.7. The van der Waals surface area contributed by atoms with Crippen LogP contribution in [0.1, 0.15) is 12.6 Å². The lowest BCUT2D eigenvalue weighted by molar-refractivity contribution is -0.0389. The van der Waals surface area contributed by atoms with Crippen molar-refractivity contribution in [2.24, 2.45) is 0 Å². The fourth-order valence-electron chi connectivity index (χ4n) is 2.19. The SMILES string of the molecule is CN(C)[C@@H]1C[C@@H](CO)O[C@H]1n1ccc(=O)[nH]c1=O. The molecule has 1 fully saturated rings. The van der Waals surface area contributed by atoms with Crippen LogP contribution in [-0.4, -0.2) is 52.4 Å². The van der Waals surface area contributed by atoms with Crippen LogP contribution in [0.15, 0.2) is 21.9 Å². The molecule has 0 spiro atoms. The Morgan fingerprint density at radius 1 is 1.56 bits per heavy atom. The normalized spacial score (nSPS) is 27.9. The van der Waals surface area contributed by atoms with Crippen molar-refractivity contribution in [1.82, 2.24) is 14.5 Å². The van der Waals surface area contributed by atoms with Crippen LogP contribution in [0.3, 0.4) is 0 Å². The highest BCUT2D eigenvalue weighted by molar-refractivity contribution is 4.91. The average Bonchev–Trinajstić information content (AvgIpc) is 2.73. The van der Waals surface area contributed by atoms with Gasteiger partial charge in [0.15, 0.2) is 6.23 Å². The number of aliphatic hydroxyl groups excluding tert-OH is 1. The molecule has 100 valence electrons. The second-order valence-electron chi connectivity index (χ2n) is 4.62. The predicted octanol–water partition coefficient (Wildman–Crippen LogP) is -1.25. The predicted molar refractivity (Wildman–Crippen MR) is 64.4 cm³/mol. The molecule has 7 nitrogen and oxygen atoms in total. The Hall–Kier alpha value is -1.44. The molecule has 1 aromatic heterocycles.